The van der Waals surface area contributed by atoms with Gasteiger partial charge in [0.05, 0.1) is 26.1 Å². The van der Waals surface area contributed by atoms with Gasteiger partial charge in [-0.3, -0.25) is 19.7 Å². The predicted molar refractivity (Wildman–Crippen MR) is 74.8 cm³/mol. The number of hydrogen-bond donors (Lipinski definition) is 2. The third-order valence-corrected chi connectivity index (χ3v) is 3.84. The molecule has 118 valence electrons. The molecule has 2 rings (SSSR count). The lowest BCUT2D eigenvalue weighted by atomic mass is 9.84. The molecule has 0 aromatic heterocycles. The van der Waals surface area contributed by atoms with Gasteiger partial charge in [-0.2, -0.15) is 0 Å². The quantitative estimate of drug-likeness (QED) is 0.774. The van der Waals surface area contributed by atoms with Crippen LogP contribution in [-0.4, -0.2) is 43.3 Å². The van der Waals surface area contributed by atoms with E-state index >= 15 is 0 Å². The number of carbonyl (C=O) groups excluding carboxylic acids is 2. The molecule has 0 spiro atoms. The number of benzene rings is 1. The van der Waals surface area contributed by atoms with Gasteiger partial charge in [0.2, 0.25) is 0 Å². The molecule has 1 aliphatic heterocycles. The van der Waals surface area contributed by atoms with Crippen molar-refractivity contribution in [2.24, 2.45) is 11.8 Å². The van der Waals surface area contributed by atoms with Crippen LogP contribution in [0.4, 0.5) is 0 Å². The zero-order valence-electron chi connectivity index (χ0n) is 12.2. The predicted octanol–water partition coefficient (Wildman–Crippen LogP) is 0.362. The van der Waals surface area contributed by atoms with Crippen LogP contribution in [-0.2, 0) is 23.9 Å². The molecule has 7 heteroatoms. The van der Waals surface area contributed by atoms with Gasteiger partial charge in [-0.25, -0.2) is 0 Å². The first-order chi connectivity index (χ1) is 10.5. The van der Waals surface area contributed by atoms with Crippen LogP contribution in [0.15, 0.2) is 30.3 Å². The van der Waals surface area contributed by atoms with Gasteiger partial charge >= 0.3 is 17.9 Å². The molecule has 0 amide bonds. The molecule has 7 nitrogen and oxygen atoms in total. The molecule has 1 saturated heterocycles. The van der Waals surface area contributed by atoms with Crippen molar-refractivity contribution in [3.05, 3.63) is 35.9 Å². The van der Waals surface area contributed by atoms with Crippen LogP contribution in [0, 0.1) is 11.8 Å². The van der Waals surface area contributed by atoms with E-state index in [0.717, 1.165) is 7.11 Å². The van der Waals surface area contributed by atoms with Gasteiger partial charge in [0.25, 0.3) is 0 Å². The first kappa shape index (κ1) is 16.0. The molecule has 0 bridgehead atoms. The van der Waals surface area contributed by atoms with Crippen molar-refractivity contribution in [2.75, 3.05) is 14.2 Å². The van der Waals surface area contributed by atoms with Crippen LogP contribution in [0.1, 0.15) is 11.6 Å². The lowest BCUT2D eigenvalue weighted by molar-refractivity contribution is -0.159. The number of aliphatic carboxylic acids is 1. The zero-order valence-corrected chi connectivity index (χ0v) is 12.2. The van der Waals surface area contributed by atoms with Crippen molar-refractivity contribution in [3.63, 3.8) is 0 Å². The summed E-state index contributed by atoms with van der Waals surface area (Å²) in [5.74, 6) is -4.75. The maximum absolute atomic E-state index is 12.1. The summed E-state index contributed by atoms with van der Waals surface area (Å²) in [5.41, 5.74) is 0.704. The van der Waals surface area contributed by atoms with Gasteiger partial charge in [-0.1, -0.05) is 30.3 Å². The van der Waals surface area contributed by atoms with Crippen molar-refractivity contribution in [1.29, 1.82) is 0 Å². The number of ether oxygens (including phenoxy) is 2. The number of esters is 2. The first-order valence-corrected chi connectivity index (χ1v) is 6.70. The Hall–Kier alpha value is -2.41. The van der Waals surface area contributed by atoms with Gasteiger partial charge in [0, 0.05) is 6.04 Å². The van der Waals surface area contributed by atoms with Crippen LogP contribution in [0.25, 0.3) is 0 Å². The topological polar surface area (TPSA) is 102 Å². The number of carboxylic acids is 1. The fourth-order valence-corrected chi connectivity index (χ4v) is 2.84. The van der Waals surface area contributed by atoms with E-state index in [2.05, 4.69) is 10.1 Å². The molecule has 2 N–H and O–H groups in total. The number of rotatable bonds is 4. The van der Waals surface area contributed by atoms with E-state index in [1.54, 1.807) is 30.3 Å². The summed E-state index contributed by atoms with van der Waals surface area (Å²) in [6, 6.07) is 7.00. The summed E-state index contributed by atoms with van der Waals surface area (Å²) in [6.07, 6.45) is 0. The normalized spacial score (nSPS) is 27.2. The molecule has 22 heavy (non-hydrogen) atoms. The second-order valence-electron chi connectivity index (χ2n) is 4.97. The van der Waals surface area contributed by atoms with E-state index in [4.69, 9.17) is 4.74 Å². The molecular formula is C15H17NO6. The minimum Gasteiger partial charge on any atom is -0.480 e. The molecule has 1 aromatic carbocycles. The second kappa shape index (κ2) is 6.57. The minimum atomic E-state index is -1.22. The highest BCUT2D eigenvalue weighted by atomic mass is 16.5. The number of nitrogens with one attached hydrogen (secondary N) is 1. The van der Waals surface area contributed by atoms with Gasteiger partial charge in [0.1, 0.15) is 6.04 Å². The van der Waals surface area contributed by atoms with Gasteiger partial charge in [-0.05, 0) is 5.56 Å². The van der Waals surface area contributed by atoms with E-state index < -0.39 is 41.8 Å². The fraction of sp³-hybridized carbons (Fsp3) is 0.400. The number of carbonyl (C=O) groups is 3. The molecule has 1 aliphatic rings. The molecule has 0 radical (unpaired) electrons. The maximum atomic E-state index is 12.1. The van der Waals surface area contributed by atoms with Crippen LogP contribution in [0.5, 0.6) is 0 Å². The number of methoxy groups -OCH3 is 2. The summed E-state index contributed by atoms with van der Waals surface area (Å²) in [6.45, 7) is 0. The van der Waals surface area contributed by atoms with Crippen LogP contribution >= 0.6 is 0 Å². The van der Waals surface area contributed by atoms with Crippen LogP contribution in [0.2, 0.25) is 0 Å². The first-order valence-electron chi connectivity index (χ1n) is 6.70. The zero-order chi connectivity index (χ0) is 16.3. The van der Waals surface area contributed by atoms with E-state index in [9.17, 15) is 19.5 Å². The van der Waals surface area contributed by atoms with Crippen molar-refractivity contribution in [2.45, 2.75) is 12.1 Å². The van der Waals surface area contributed by atoms with Gasteiger partial charge in [0.15, 0.2) is 0 Å². The van der Waals surface area contributed by atoms with Gasteiger partial charge < -0.3 is 14.6 Å². The third-order valence-electron chi connectivity index (χ3n) is 3.84. The summed E-state index contributed by atoms with van der Waals surface area (Å²) in [4.78, 5) is 35.6. The van der Waals surface area contributed by atoms with Crippen molar-refractivity contribution < 1.29 is 29.0 Å². The number of carboxylic acid groups (broad SMARTS) is 1. The Morgan fingerprint density at radius 2 is 1.55 bits per heavy atom. The fourth-order valence-electron chi connectivity index (χ4n) is 2.84. The molecule has 0 aliphatic carbocycles. The summed E-state index contributed by atoms with van der Waals surface area (Å²) >= 11 is 0. The second-order valence-corrected chi connectivity index (χ2v) is 4.97. The molecular weight excluding hydrogens is 290 g/mol. The molecule has 1 fully saturated rings. The molecule has 1 aromatic rings. The highest BCUT2D eigenvalue weighted by molar-refractivity contribution is 5.90. The van der Waals surface area contributed by atoms with Crippen LogP contribution in [0.3, 0.4) is 0 Å². The largest absolute Gasteiger partial charge is 0.480 e. The lowest BCUT2D eigenvalue weighted by Crippen LogP contribution is -2.41. The minimum absolute atomic E-state index is 0.640. The lowest BCUT2D eigenvalue weighted by Gasteiger charge is -2.20. The Morgan fingerprint density at radius 1 is 1.00 bits per heavy atom. The maximum Gasteiger partial charge on any atom is 0.321 e. The Balaban J connectivity index is 2.47. The van der Waals surface area contributed by atoms with E-state index in [-0.39, 0.29) is 0 Å². The average Bonchev–Trinajstić information content (AvgIpc) is 2.94. The van der Waals surface area contributed by atoms with Crippen molar-refractivity contribution in [3.8, 4) is 0 Å². The number of hydrogen-bond acceptors (Lipinski definition) is 6. The SMILES string of the molecule is COC(=O)C1C(C(=O)O)NC(c2ccccc2)C1C(=O)OC. The average molecular weight is 307 g/mol. The Bertz CT molecular complexity index is 573. The highest BCUT2D eigenvalue weighted by Gasteiger charge is 2.54. The highest BCUT2D eigenvalue weighted by Crippen LogP contribution is 2.39. The van der Waals surface area contributed by atoms with Crippen molar-refractivity contribution >= 4 is 17.9 Å². The smallest absolute Gasteiger partial charge is 0.321 e. The summed E-state index contributed by atoms with van der Waals surface area (Å²) in [7, 11) is 2.36. The Kier molecular flexibility index (Phi) is 4.77. The van der Waals surface area contributed by atoms with Crippen molar-refractivity contribution in [1.82, 2.24) is 5.32 Å². The summed E-state index contributed by atoms with van der Waals surface area (Å²) in [5, 5.41) is 12.2. The standard InChI is InChI=1S/C15H17NO6/c1-21-14(19)9-10(15(20)22-2)12(13(17)18)16-11(9)8-6-4-3-5-7-8/h3-7,9-12,16H,1-2H3,(H,17,18). The van der Waals surface area contributed by atoms with E-state index in [0.29, 0.717) is 5.56 Å². The van der Waals surface area contributed by atoms with E-state index in [1.165, 1.54) is 7.11 Å². The molecule has 4 atom stereocenters. The molecule has 1 heterocycles. The third kappa shape index (κ3) is 2.80. The Morgan fingerprint density at radius 3 is 2.05 bits per heavy atom. The molecule has 0 saturated carbocycles. The molecule has 4 unspecified atom stereocenters. The van der Waals surface area contributed by atoms with E-state index in [1.807, 2.05) is 0 Å². The Labute approximate surface area is 127 Å². The summed E-state index contributed by atoms with van der Waals surface area (Å²) < 4.78 is 9.43. The van der Waals surface area contributed by atoms with Gasteiger partial charge in [-0.15, -0.1) is 0 Å². The van der Waals surface area contributed by atoms with Crippen LogP contribution < -0.4 is 5.32 Å². The monoisotopic (exact) mass is 307 g/mol.